The van der Waals surface area contributed by atoms with E-state index < -0.39 is 0 Å². The molecule has 0 radical (unpaired) electrons. The average molecular weight is 384 g/mol. The summed E-state index contributed by atoms with van der Waals surface area (Å²) in [5, 5.41) is 1.05. The van der Waals surface area contributed by atoms with Crippen LogP contribution in [0.15, 0.2) is 59.5 Å². The Morgan fingerprint density at radius 1 is 0.929 bits per heavy atom. The lowest BCUT2D eigenvalue weighted by Crippen LogP contribution is -2.10. The van der Waals surface area contributed by atoms with E-state index in [1.54, 1.807) is 30.5 Å². The van der Waals surface area contributed by atoms with Gasteiger partial charge in [-0.1, -0.05) is 12.1 Å². The number of pyridine rings is 2. The highest BCUT2D eigenvalue weighted by Crippen LogP contribution is 2.35. The number of nitrogens with one attached hydrogen (secondary N) is 1. The summed E-state index contributed by atoms with van der Waals surface area (Å²) in [5.41, 5.74) is 5.14. The molecule has 28 heavy (non-hydrogen) atoms. The summed E-state index contributed by atoms with van der Waals surface area (Å²) < 4.78 is 0. The van der Waals surface area contributed by atoms with Crippen molar-refractivity contribution in [2.75, 3.05) is 0 Å². The molecule has 0 unspecified atom stereocenters. The Balaban J connectivity index is 1.83. The second-order valence-electron chi connectivity index (χ2n) is 6.76. The van der Waals surface area contributed by atoms with Gasteiger partial charge in [0.05, 0.1) is 16.1 Å². The van der Waals surface area contributed by atoms with Crippen molar-refractivity contribution in [3.63, 3.8) is 0 Å². The van der Waals surface area contributed by atoms with E-state index in [0.29, 0.717) is 16.7 Å². The summed E-state index contributed by atoms with van der Waals surface area (Å²) in [6, 6.07) is 16.0. The van der Waals surface area contributed by atoms with E-state index in [1.165, 1.54) is 4.88 Å². The molecule has 136 valence electrons. The first-order chi connectivity index (χ1) is 13.6. The van der Waals surface area contributed by atoms with Crippen LogP contribution in [-0.4, -0.2) is 19.9 Å². The molecule has 5 rings (SSSR count). The number of aromatic nitrogens is 4. The highest BCUT2D eigenvalue weighted by Gasteiger charge is 2.16. The number of aryl methyl sites for hydroxylation is 2. The Morgan fingerprint density at radius 3 is 2.64 bits per heavy atom. The van der Waals surface area contributed by atoms with Crippen molar-refractivity contribution >= 4 is 33.4 Å². The van der Waals surface area contributed by atoms with Crippen LogP contribution in [0.4, 0.5) is 0 Å². The fraction of sp³-hybridized carbons (Fsp3) is 0.0909. The van der Waals surface area contributed by atoms with Gasteiger partial charge in [-0.25, -0.2) is 9.97 Å². The number of hydrogen-bond acceptors (Lipinski definition) is 5. The zero-order chi connectivity index (χ0) is 19.3. The van der Waals surface area contributed by atoms with Crippen LogP contribution in [0.1, 0.15) is 10.4 Å². The van der Waals surface area contributed by atoms with Crippen LogP contribution in [0.25, 0.3) is 43.9 Å². The van der Waals surface area contributed by atoms with Gasteiger partial charge in [-0.05, 0) is 50.2 Å². The lowest BCUT2D eigenvalue weighted by atomic mass is 10.1. The number of benzene rings is 1. The van der Waals surface area contributed by atoms with Crippen molar-refractivity contribution in [1.82, 2.24) is 19.9 Å². The molecule has 4 heterocycles. The number of nitrogens with zero attached hydrogens (tertiary/aromatic N) is 3. The quantitative estimate of drug-likeness (QED) is 0.471. The minimum atomic E-state index is -0.139. The van der Waals surface area contributed by atoms with E-state index in [2.05, 4.69) is 29.0 Å². The number of aromatic amines is 1. The predicted molar refractivity (Wildman–Crippen MR) is 114 cm³/mol. The van der Waals surface area contributed by atoms with Gasteiger partial charge in [-0.2, -0.15) is 0 Å². The Hall–Kier alpha value is -3.38. The highest BCUT2D eigenvalue weighted by atomic mass is 32.1. The van der Waals surface area contributed by atoms with E-state index >= 15 is 0 Å². The molecule has 5 nitrogen and oxygen atoms in total. The number of hydrogen-bond donors (Lipinski definition) is 1. The highest BCUT2D eigenvalue weighted by molar-refractivity contribution is 7.15. The molecule has 0 amide bonds. The van der Waals surface area contributed by atoms with Crippen molar-refractivity contribution in [2.24, 2.45) is 0 Å². The van der Waals surface area contributed by atoms with E-state index in [4.69, 9.17) is 9.97 Å². The fourth-order valence-corrected chi connectivity index (χ4v) is 4.13. The van der Waals surface area contributed by atoms with Crippen LogP contribution in [0.2, 0.25) is 0 Å². The first-order valence-corrected chi connectivity index (χ1v) is 9.74. The molecule has 0 aliphatic carbocycles. The predicted octanol–water partition coefficient (Wildman–Crippen LogP) is 4.88. The van der Waals surface area contributed by atoms with Crippen LogP contribution in [0.5, 0.6) is 0 Å². The van der Waals surface area contributed by atoms with E-state index in [9.17, 15) is 4.79 Å². The standard InChI is InChI=1S/C22H16N4OS/c1-12-10-17-21(26-22(12)27)25-20(18-8-5-13(2)28-18)19(24-17)15-6-7-16-14(11-15)4-3-9-23-16/h3-11H,1-2H3,(H,25,26,27). The van der Waals surface area contributed by atoms with Crippen molar-refractivity contribution in [3.05, 3.63) is 75.5 Å². The van der Waals surface area contributed by atoms with Crippen molar-refractivity contribution in [2.45, 2.75) is 13.8 Å². The summed E-state index contributed by atoms with van der Waals surface area (Å²) in [4.78, 5) is 31.2. The lowest BCUT2D eigenvalue weighted by Gasteiger charge is -2.10. The zero-order valence-electron chi connectivity index (χ0n) is 15.4. The largest absolute Gasteiger partial charge is 0.305 e. The Bertz CT molecular complexity index is 1420. The molecule has 0 bridgehead atoms. The molecule has 0 atom stereocenters. The molecule has 0 aliphatic rings. The molecule has 0 saturated heterocycles. The Labute approximate surface area is 164 Å². The maximum Gasteiger partial charge on any atom is 0.252 e. The topological polar surface area (TPSA) is 71.5 Å². The minimum Gasteiger partial charge on any atom is -0.305 e. The maximum absolute atomic E-state index is 12.1. The van der Waals surface area contributed by atoms with Gasteiger partial charge >= 0.3 is 0 Å². The molecule has 0 aliphatic heterocycles. The van der Waals surface area contributed by atoms with Crippen LogP contribution in [0, 0.1) is 13.8 Å². The second-order valence-corrected chi connectivity index (χ2v) is 8.05. The van der Waals surface area contributed by atoms with Gasteiger partial charge in [0.1, 0.15) is 11.2 Å². The average Bonchev–Trinajstić information content (AvgIpc) is 3.14. The summed E-state index contributed by atoms with van der Waals surface area (Å²) in [7, 11) is 0. The number of rotatable bonds is 2. The summed E-state index contributed by atoms with van der Waals surface area (Å²) in [6.45, 7) is 3.84. The number of thiophene rings is 1. The van der Waals surface area contributed by atoms with E-state index in [1.807, 2.05) is 30.3 Å². The molecule has 0 fully saturated rings. The molecule has 6 heteroatoms. The molecule has 0 saturated carbocycles. The monoisotopic (exact) mass is 384 g/mol. The molecule has 1 N–H and O–H groups in total. The van der Waals surface area contributed by atoms with Gasteiger partial charge in [-0.15, -0.1) is 11.3 Å². The normalized spacial score (nSPS) is 11.4. The van der Waals surface area contributed by atoms with Crippen molar-refractivity contribution < 1.29 is 0 Å². The van der Waals surface area contributed by atoms with Gasteiger partial charge in [0, 0.05) is 27.6 Å². The first kappa shape index (κ1) is 16.8. The second kappa shape index (κ2) is 6.35. The van der Waals surface area contributed by atoms with Crippen LogP contribution < -0.4 is 5.56 Å². The van der Waals surface area contributed by atoms with Crippen LogP contribution in [-0.2, 0) is 0 Å². The summed E-state index contributed by atoms with van der Waals surface area (Å²) in [6.07, 6.45) is 1.79. The third-order valence-electron chi connectivity index (χ3n) is 4.72. The van der Waals surface area contributed by atoms with Crippen molar-refractivity contribution in [1.29, 1.82) is 0 Å². The van der Waals surface area contributed by atoms with Gasteiger partial charge in [0.25, 0.3) is 5.56 Å². The first-order valence-electron chi connectivity index (χ1n) is 8.92. The summed E-state index contributed by atoms with van der Waals surface area (Å²) in [5.74, 6) is 0. The minimum absolute atomic E-state index is 0.139. The van der Waals surface area contributed by atoms with E-state index in [0.717, 1.165) is 32.7 Å². The Kier molecular flexibility index (Phi) is 3.80. The molecule has 1 aromatic carbocycles. The van der Waals surface area contributed by atoms with Gasteiger partial charge in [0.2, 0.25) is 0 Å². The zero-order valence-corrected chi connectivity index (χ0v) is 16.2. The van der Waals surface area contributed by atoms with E-state index in [-0.39, 0.29) is 5.56 Å². The maximum atomic E-state index is 12.1. The summed E-state index contributed by atoms with van der Waals surface area (Å²) >= 11 is 1.66. The van der Waals surface area contributed by atoms with Crippen LogP contribution >= 0.6 is 11.3 Å². The van der Waals surface area contributed by atoms with Gasteiger partial charge in [0.15, 0.2) is 5.65 Å². The fourth-order valence-electron chi connectivity index (χ4n) is 3.28. The molecule has 0 spiro atoms. The number of fused-ring (bicyclic) bond motifs is 2. The third-order valence-corrected chi connectivity index (χ3v) is 5.72. The number of H-pyrrole nitrogens is 1. The molecular formula is C22H16N4OS. The Morgan fingerprint density at radius 2 is 1.82 bits per heavy atom. The van der Waals surface area contributed by atoms with Crippen molar-refractivity contribution in [3.8, 4) is 21.8 Å². The van der Waals surface area contributed by atoms with Gasteiger partial charge in [-0.3, -0.25) is 9.78 Å². The molecule has 5 aromatic rings. The molecular weight excluding hydrogens is 368 g/mol. The smallest absolute Gasteiger partial charge is 0.252 e. The molecule has 4 aromatic heterocycles. The lowest BCUT2D eigenvalue weighted by molar-refractivity contribution is 1.16. The van der Waals surface area contributed by atoms with Crippen LogP contribution in [0.3, 0.4) is 0 Å². The third kappa shape index (κ3) is 2.78. The SMILES string of the molecule is Cc1ccc(-c2nc3[nH]c(=O)c(C)cc3nc2-c2ccc3ncccc3c2)s1. The van der Waals surface area contributed by atoms with Gasteiger partial charge < -0.3 is 4.98 Å².